The van der Waals surface area contributed by atoms with Crippen molar-refractivity contribution in [2.24, 2.45) is 12.8 Å². The number of aromatic nitrogens is 1. The second-order valence-corrected chi connectivity index (χ2v) is 8.23. The van der Waals surface area contributed by atoms with Gasteiger partial charge in [0.15, 0.2) is 6.10 Å². The number of pyridine rings is 1. The molecule has 3 N–H and O–H groups in total. The quantitative estimate of drug-likeness (QED) is 0.387. The zero-order valence-electron chi connectivity index (χ0n) is 19.9. The van der Waals surface area contributed by atoms with Crippen molar-refractivity contribution in [1.82, 2.24) is 4.57 Å². The monoisotopic (exact) mass is 483 g/mol. The highest BCUT2D eigenvalue weighted by molar-refractivity contribution is 6.07. The van der Waals surface area contributed by atoms with Crippen LogP contribution in [0.3, 0.4) is 0 Å². The summed E-state index contributed by atoms with van der Waals surface area (Å²) in [5.41, 5.74) is 6.98. The molecular weight excluding hydrogens is 458 g/mol. The van der Waals surface area contributed by atoms with Crippen molar-refractivity contribution in [3.63, 3.8) is 0 Å². The number of hydrogen-bond acceptors (Lipinski definition) is 5. The molecule has 0 aliphatic rings. The number of hydrogen-bond donors (Lipinski definition) is 2. The Labute approximate surface area is 207 Å². The lowest BCUT2D eigenvalue weighted by Gasteiger charge is -2.20. The zero-order chi connectivity index (χ0) is 25.8. The maximum absolute atomic E-state index is 13.5. The maximum atomic E-state index is 13.5. The van der Waals surface area contributed by atoms with Crippen LogP contribution >= 0.6 is 0 Å². The van der Waals surface area contributed by atoms with Crippen LogP contribution in [0.1, 0.15) is 34.2 Å². The number of anilines is 1. The first kappa shape index (κ1) is 24.4. The van der Waals surface area contributed by atoms with E-state index in [1.165, 1.54) is 35.9 Å². The molecule has 1 atom stereocenters. The van der Waals surface area contributed by atoms with Crippen LogP contribution in [0.5, 0.6) is 0 Å². The lowest BCUT2D eigenvalue weighted by atomic mass is 9.97. The highest BCUT2D eigenvalue weighted by Crippen LogP contribution is 2.31. The van der Waals surface area contributed by atoms with Gasteiger partial charge in [0.2, 0.25) is 5.91 Å². The maximum Gasteiger partial charge on any atom is 0.356 e. The number of benzene rings is 3. The van der Waals surface area contributed by atoms with Crippen molar-refractivity contribution in [2.75, 3.05) is 5.32 Å². The van der Waals surface area contributed by atoms with Crippen molar-refractivity contribution in [3.05, 3.63) is 100 Å². The Morgan fingerprint density at radius 2 is 1.53 bits per heavy atom. The van der Waals surface area contributed by atoms with Crippen LogP contribution in [0.2, 0.25) is 0 Å². The summed E-state index contributed by atoms with van der Waals surface area (Å²) < 4.78 is 6.91. The molecule has 182 valence electrons. The van der Waals surface area contributed by atoms with Crippen LogP contribution in [0.4, 0.5) is 5.69 Å². The van der Waals surface area contributed by atoms with E-state index in [1.807, 2.05) is 30.3 Å². The van der Waals surface area contributed by atoms with Crippen molar-refractivity contribution in [3.8, 4) is 11.1 Å². The van der Waals surface area contributed by atoms with E-state index in [1.54, 1.807) is 31.2 Å². The van der Waals surface area contributed by atoms with Gasteiger partial charge in [-0.15, -0.1) is 0 Å². The number of nitrogens with two attached hydrogens (primary N) is 1. The lowest BCUT2D eigenvalue weighted by Crippen LogP contribution is -2.34. The summed E-state index contributed by atoms with van der Waals surface area (Å²) in [6.07, 6.45) is -0.905. The van der Waals surface area contributed by atoms with Crippen LogP contribution in [0.25, 0.3) is 21.9 Å². The molecule has 1 heterocycles. The van der Waals surface area contributed by atoms with Crippen molar-refractivity contribution in [2.45, 2.75) is 19.4 Å². The molecule has 3 aromatic carbocycles. The Bertz CT molecular complexity index is 1510. The molecular formula is C28H25N3O5. The van der Waals surface area contributed by atoms with E-state index in [4.69, 9.17) is 10.5 Å². The summed E-state index contributed by atoms with van der Waals surface area (Å²) in [6.45, 7) is 1.71. The van der Waals surface area contributed by atoms with Gasteiger partial charge >= 0.3 is 5.97 Å². The topological polar surface area (TPSA) is 120 Å². The Morgan fingerprint density at radius 1 is 0.917 bits per heavy atom. The summed E-state index contributed by atoms with van der Waals surface area (Å²) in [7, 11) is 1.51. The van der Waals surface area contributed by atoms with Crippen molar-refractivity contribution < 1.29 is 19.1 Å². The lowest BCUT2D eigenvalue weighted by molar-refractivity contribution is -0.124. The molecule has 8 nitrogen and oxygen atoms in total. The molecule has 0 aliphatic heterocycles. The largest absolute Gasteiger partial charge is 0.448 e. The van der Waals surface area contributed by atoms with E-state index in [2.05, 4.69) is 5.32 Å². The van der Waals surface area contributed by atoms with E-state index >= 15 is 0 Å². The number of amides is 2. The molecule has 36 heavy (non-hydrogen) atoms. The smallest absolute Gasteiger partial charge is 0.356 e. The van der Waals surface area contributed by atoms with Crippen LogP contribution in [0, 0.1) is 0 Å². The van der Waals surface area contributed by atoms with Gasteiger partial charge in [0.1, 0.15) is 5.69 Å². The number of esters is 1. The molecule has 8 heteroatoms. The van der Waals surface area contributed by atoms with Crippen molar-refractivity contribution in [1.29, 1.82) is 0 Å². The second-order valence-electron chi connectivity index (χ2n) is 8.23. The summed E-state index contributed by atoms with van der Waals surface area (Å²) >= 11 is 0. The molecule has 0 saturated heterocycles. The molecule has 4 rings (SSSR count). The molecule has 0 spiro atoms. The first-order chi connectivity index (χ1) is 17.3. The van der Waals surface area contributed by atoms with E-state index in [9.17, 15) is 19.2 Å². The predicted octanol–water partition coefficient (Wildman–Crippen LogP) is 3.88. The number of rotatable bonds is 7. The molecule has 1 aromatic heterocycles. The standard InChI is InChI=1S/C28H25N3O5/c1-3-22(26(33)30-19-15-13-18(14-16-19)25(29)32)36-28(35)24-23(17-9-5-4-6-10-17)20-11-7-8-12-21(20)27(34)31(24)2/h4-16,22H,3H2,1-2H3,(H2,29,32)(H,30,33). The molecule has 0 bridgehead atoms. The average molecular weight is 484 g/mol. The molecule has 0 radical (unpaired) electrons. The summed E-state index contributed by atoms with van der Waals surface area (Å²) in [5.74, 6) is -1.90. The van der Waals surface area contributed by atoms with Gasteiger partial charge in [0.25, 0.3) is 11.5 Å². The minimum Gasteiger partial charge on any atom is -0.448 e. The van der Waals surface area contributed by atoms with E-state index in [0.29, 0.717) is 27.6 Å². The Kier molecular flexibility index (Phi) is 6.96. The van der Waals surface area contributed by atoms with Gasteiger partial charge in [-0.05, 0) is 47.7 Å². The number of primary amides is 1. The van der Waals surface area contributed by atoms with Gasteiger partial charge in [-0.1, -0.05) is 55.5 Å². The normalized spacial score (nSPS) is 11.6. The first-order valence-corrected chi connectivity index (χ1v) is 11.4. The second kappa shape index (κ2) is 10.3. The Balaban J connectivity index is 1.69. The number of fused-ring (bicyclic) bond motifs is 1. The minimum atomic E-state index is -1.11. The molecule has 0 fully saturated rings. The Hall–Kier alpha value is -4.72. The van der Waals surface area contributed by atoms with Crippen LogP contribution < -0.4 is 16.6 Å². The average Bonchev–Trinajstić information content (AvgIpc) is 2.89. The molecule has 1 unspecified atom stereocenters. The number of carbonyl (C=O) groups is 3. The molecule has 0 aliphatic carbocycles. The number of nitrogens with zero attached hydrogens (tertiary/aromatic N) is 1. The summed E-state index contributed by atoms with van der Waals surface area (Å²) in [6, 6.07) is 22.4. The third kappa shape index (κ3) is 4.74. The number of carbonyl (C=O) groups excluding carboxylic acids is 3. The third-order valence-corrected chi connectivity index (χ3v) is 5.91. The molecule has 0 saturated carbocycles. The fourth-order valence-corrected chi connectivity index (χ4v) is 4.05. The van der Waals surface area contributed by atoms with Crippen LogP contribution in [-0.4, -0.2) is 28.5 Å². The third-order valence-electron chi connectivity index (χ3n) is 5.91. The van der Waals surface area contributed by atoms with E-state index < -0.39 is 23.9 Å². The summed E-state index contributed by atoms with van der Waals surface area (Å²) in [4.78, 5) is 50.7. The summed E-state index contributed by atoms with van der Waals surface area (Å²) in [5, 5.41) is 3.77. The van der Waals surface area contributed by atoms with Gasteiger partial charge in [-0.25, -0.2) is 4.79 Å². The zero-order valence-corrected chi connectivity index (χ0v) is 19.9. The van der Waals surface area contributed by atoms with Crippen LogP contribution in [0.15, 0.2) is 83.7 Å². The van der Waals surface area contributed by atoms with Gasteiger partial charge in [0, 0.05) is 29.2 Å². The Morgan fingerprint density at radius 3 is 2.14 bits per heavy atom. The van der Waals surface area contributed by atoms with Gasteiger partial charge in [0.05, 0.1) is 0 Å². The SMILES string of the molecule is CCC(OC(=O)c1c(-c2ccccc2)c2ccccc2c(=O)n1C)C(=O)Nc1ccc(C(N)=O)cc1. The van der Waals surface area contributed by atoms with Gasteiger partial charge in [-0.2, -0.15) is 0 Å². The van der Waals surface area contributed by atoms with Gasteiger partial charge in [-0.3, -0.25) is 14.4 Å². The number of nitrogens with one attached hydrogen (secondary N) is 1. The highest BCUT2D eigenvalue weighted by atomic mass is 16.5. The van der Waals surface area contributed by atoms with Crippen molar-refractivity contribution >= 4 is 34.2 Å². The predicted molar refractivity (Wildman–Crippen MR) is 138 cm³/mol. The van der Waals surface area contributed by atoms with Gasteiger partial charge < -0.3 is 20.4 Å². The van der Waals surface area contributed by atoms with E-state index in [0.717, 1.165) is 5.56 Å². The molecule has 2 amide bonds. The fraction of sp³-hybridized carbons (Fsp3) is 0.143. The first-order valence-electron chi connectivity index (χ1n) is 11.4. The molecule has 4 aromatic rings. The van der Waals surface area contributed by atoms with Crippen LogP contribution in [-0.2, 0) is 16.6 Å². The minimum absolute atomic E-state index is 0.0574. The number of ether oxygens (including phenoxy) is 1. The highest BCUT2D eigenvalue weighted by Gasteiger charge is 2.27. The fourth-order valence-electron chi connectivity index (χ4n) is 4.05. The van der Waals surface area contributed by atoms with E-state index in [-0.39, 0.29) is 17.7 Å².